The fourth-order valence-corrected chi connectivity index (χ4v) is 3.28. The number of hydrogen-bond acceptors (Lipinski definition) is 2. The normalized spacial score (nSPS) is 14.8. The molecule has 0 aromatic heterocycles. The van der Waals surface area contributed by atoms with Gasteiger partial charge in [0.1, 0.15) is 4.75 Å². The van der Waals surface area contributed by atoms with Gasteiger partial charge in [0.2, 0.25) is 0 Å². The minimum absolute atomic E-state index is 0.492. The van der Waals surface area contributed by atoms with Crippen molar-refractivity contribution in [1.29, 1.82) is 0 Å². The number of allylic oxidation sites excluding steroid dienone is 1. The molecule has 0 aliphatic heterocycles. The van der Waals surface area contributed by atoms with Crippen LogP contribution in [-0.4, -0.2) is 17.7 Å². The second kappa shape index (κ2) is 9.56. The van der Waals surface area contributed by atoms with Crippen LogP contribution in [0.15, 0.2) is 11.6 Å². The third kappa shape index (κ3) is 8.05. The van der Waals surface area contributed by atoms with E-state index in [0.717, 1.165) is 24.8 Å². The molecule has 0 fully saturated rings. The highest BCUT2D eigenvalue weighted by atomic mass is 32.2. The zero-order valence-electron chi connectivity index (χ0n) is 13.6. The first-order chi connectivity index (χ1) is 9.23. The molecule has 1 atom stereocenters. The summed E-state index contributed by atoms with van der Waals surface area (Å²) in [6, 6.07) is 0. The number of unbranched alkanes of at least 4 members (excludes halogenated alkanes) is 7. The molecule has 0 saturated carbocycles. The fraction of sp³-hybridized carbons (Fsp3) is 0.875. The third-order valence-corrected chi connectivity index (χ3v) is 5.21. The molecule has 0 amide bonds. The summed E-state index contributed by atoms with van der Waals surface area (Å²) < 4.78 is 31.4. The zero-order chi connectivity index (χ0) is 15.6. The van der Waals surface area contributed by atoms with Crippen molar-refractivity contribution in [2.75, 3.05) is 0 Å². The van der Waals surface area contributed by atoms with E-state index in [9.17, 15) is 13.0 Å². The van der Waals surface area contributed by atoms with Crippen LogP contribution >= 0.6 is 0 Å². The van der Waals surface area contributed by atoms with E-state index in [1.165, 1.54) is 32.1 Å². The van der Waals surface area contributed by atoms with E-state index in [1.54, 1.807) is 13.0 Å². The van der Waals surface area contributed by atoms with Gasteiger partial charge in [-0.2, -0.15) is 8.42 Å². The van der Waals surface area contributed by atoms with E-state index in [4.69, 9.17) is 0 Å². The van der Waals surface area contributed by atoms with Crippen LogP contribution in [0.1, 0.15) is 85.5 Å². The predicted molar refractivity (Wildman–Crippen MR) is 86.6 cm³/mol. The van der Waals surface area contributed by atoms with Crippen molar-refractivity contribution in [1.82, 2.24) is 0 Å². The third-order valence-electron chi connectivity index (χ3n) is 3.71. The van der Waals surface area contributed by atoms with Crippen LogP contribution in [0.5, 0.6) is 0 Å². The van der Waals surface area contributed by atoms with Crippen LogP contribution < -0.4 is 0 Å². The fourth-order valence-electron chi connectivity index (χ4n) is 2.50. The lowest BCUT2D eigenvalue weighted by Gasteiger charge is -2.23. The summed E-state index contributed by atoms with van der Waals surface area (Å²) in [4.78, 5) is 0. The molecule has 0 aliphatic rings. The van der Waals surface area contributed by atoms with Crippen LogP contribution in [0.4, 0.5) is 0 Å². The maximum Gasteiger partial charge on any atom is 0.274 e. The molecule has 0 bridgehead atoms. The molecule has 1 unspecified atom stereocenters. The minimum atomic E-state index is -4.04. The van der Waals surface area contributed by atoms with Gasteiger partial charge in [-0.3, -0.25) is 4.55 Å². The lowest BCUT2D eigenvalue weighted by atomic mass is 9.99. The van der Waals surface area contributed by atoms with Crippen molar-refractivity contribution in [2.45, 2.75) is 90.2 Å². The van der Waals surface area contributed by atoms with Crippen molar-refractivity contribution in [2.24, 2.45) is 0 Å². The molecule has 0 rings (SSSR count). The molecule has 20 heavy (non-hydrogen) atoms. The van der Waals surface area contributed by atoms with E-state index in [1.807, 2.05) is 13.8 Å². The Morgan fingerprint density at radius 1 is 1.00 bits per heavy atom. The highest BCUT2D eigenvalue weighted by Crippen LogP contribution is 2.27. The molecule has 3 nitrogen and oxygen atoms in total. The van der Waals surface area contributed by atoms with Crippen molar-refractivity contribution >= 4 is 10.1 Å². The van der Waals surface area contributed by atoms with E-state index in [-0.39, 0.29) is 0 Å². The molecule has 4 heteroatoms. The Kier molecular flexibility index (Phi) is 9.39. The van der Waals surface area contributed by atoms with Crippen molar-refractivity contribution < 1.29 is 13.0 Å². The lowest BCUT2D eigenvalue weighted by molar-refractivity contribution is 0.436. The first kappa shape index (κ1) is 19.7. The van der Waals surface area contributed by atoms with Gasteiger partial charge in [0, 0.05) is 0 Å². The van der Waals surface area contributed by atoms with Gasteiger partial charge in [-0.05, 0) is 27.2 Å². The first-order valence-electron chi connectivity index (χ1n) is 7.86. The van der Waals surface area contributed by atoms with Crippen LogP contribution in [0, 0.1) is 0 Å². The Bertz CT molecular complexity index is 381. The molecule has 0 heterocycles. The number of rotatable bonds is 11. The van der Waals surface area contributed by atoms with Gasteiger partial charge >= 0.3 is 0 Å². The smallest absolute Gasteiger partial charge is 0.274 e. The average molecular weight is 304 g/mol. The molecular weight excluding hydrogens is 272 g/mol. The highest BCUT2D eigenvalue weighted by Gasteiger charge is 2.34. The lowest BCUT2D eigenvalue weighted by Crippen LogP contribution is -2.33. The molecule has 0 spiro atoms. The maximum absolute atomic E-state index is 11.5. The van der Waals surface area contributed by atoms with Gasteiger partial charge < -0.3 is 0 Å². The second-order valence-corrected chi connectivity index (χ2v) is 8.12. The predicted octanol–water partition coefficient (Wildman–Crippen LogP) is 5.13. The van der Waals surface area contributed by atoms with Crippen molar-refractivity contribution in [3.8, 4) is 0 Å². The topological polar surface area (TPSA) is 54.4 Å². The Labute approximate surface area is 125 Å². The number of hydrogen-bond donors (Lipinski definition) is 1. The summed E-state index contributed by atoms with van der Waals surface area (Å²) in [6.45, 7) is 7.53. The second-order valence-electron chi connectivity index (χ2n) is 6.23. The molecule has 0 aromatic rings. The van der Waals surface area contributed by atoms with E-state index < -0.39 is 14.9 Å². The summed E-state index contributed by atoms with van der Waals surface area (Å²) >= 11 is 0. The summed E-state index contributed by atoms with van der Waals surface area (Å²) in [7, 11) is -4.04. The Morgan fingerprint density at radius 3 is 1.85 bits per heavy atom. The van der Waals surface area contributed by atoms with Gasteiger partial charge in [-0.25, -0.2) is 0 Å². The molecule has 0 aromatic carbocycles. The van der Waals surface area contributed by atoms with Gasteiger partial charge in [-0.15, -0.1) is 0 Å². The minimum Gasteiger partial charge on any atom is -0.285 e. The summed E-state index contributed by atoms with van der Waals surface area (Å²) in [5, 5.41) is 0. The Hall–Kier alpha value is -0.350. The zero-order valence-corrected chi connectivity index (χ0v) is 14.4. The van der Waals surface area contributed by atoms with E-state index >= 15 is 0 Å². The summed E-state index contributed by atoms with van der Waals surface area (Å²) in [6.07, 6.45) is 11.6. The SMILES string of the molecule is CCCCCCCCCCC(C)(C=C(C)C)S(=O)(=O)O. The van der Waals surface area contributed by atoms with E-state index in [0.29, 0.717) is 6.42 Å². The van der Waals surface area contributed by atoms with Gasteiger partial charge in [0.15, 0.2) is 0 Å². The van der Waals surface area contributed by atoms with Gasteiger partial charge in [0.05, 0.1) is 0 Å². The largest absolute Gasteiger partial charge is 0.285 e. The standard InChI is InChI=1S/C16H32O3S/c1-5-6-7-8-9-10-11-12-13-16(4,14-15(2)3)20(17,18)19/h14H,5-13H2,1-4H3,(H,17,18,19). The molecule has 0 saturated heterocycles. The molecule has 1 N–H and O–H groups in total. The Morgan fingerprint density at radius 2 is 1.45 bits per heavy atom. The molecule has 0 radical (unpaired) electrons. The van der Waals surface area contributed by atoms with Crippen molar-refractivity contribution in [3.05, 3.63) is 11.6 Å². The monoisotopic (exact) mass is 304 g/mol. The van der Waals surface area contributed by atoms with Gasteiger partial charge in [0.25, 0.3) is 10.1 Å². The van der Waals surface area contributed by atoms with Crippen molar-refractivity contribution in [3.63, 3.8) is 0 Å². The summed E-state index contributed by atoms with van der Waals surface area (Å²) in [5.41, 5.74) is 0.921. The summed E-state index contributed by atoms with van der Waals surface area (Å²) in [5.74, 6) is 0. The average Bonchev–Trinajstić information content (AvgIpc) is 2.30. The van der Waals surface area contributed by atoms with Crippen LogP contribution in [0.3, 0.4) is 0 Å². The highest BCUT2D eigenvalue weighted by molar-refractivity contribution is 7.87. The Balaban J connectivity index is 4.09. The quantitative estimate of drug-likeness (QED) is 0.327. The van der Waals surface area contributed by atoms with Crippen LogP contribution in [0.2, 0.25) is 0 Å². The van der Waals surface area contributed by atoms with E-state index in [2.05, 4.69) is 6.92 Å². The molecular formula is C16H32O3S. The van der Waals surface area contributed by atoms with Crippen LogP contribution in [-0.2, 0) is 10.1 Å². The first-order valence-corrected chi connectivity index (χ1v) is 9.30. The molecule has 120 valence electrons. The molecule has 0 aliphatic carbocycles. The van der Waals surface area contributed by atoms with Crippen LogP contribution in [0.25, 0.3) is 0 Å². The van der Waals surface area contributed by atoms with Gasteiger partial charge in [-0.1, -0.05) is 69.9 Å². The maximum atomic E-state index is 11.5.